The van der Waals surface area contributed by atoms with Gasteiger partial charge >= 0.3 is 0 Å². The van der Waals surface area contributed by atoms with E-state index < -0.39 is 0 Å². The number of hydrogen-bond acceptors (Lipinski definition) is 1. The zero-order valence-electron chi connectivity index (χ0n) is 8.46. The zero-order chi connectivity index (χ0) is 8.41. The summed E-state index contributed by atoms with van der Waals surface area (Å²) >= 11 is 0. The minimum atomic E-state index is 0. The van der Waals surface area contributed by atoms with Crippen molar-refractivity contribution in [1.29, 1.82) is 0 Å². The van der Waals surface area contributed by atoms with E-state index in [2.05, 4.69) is 52.4 Å². The summed E-state index contributed by atoms with van der Waals surface area (Å²) in [7, 11) is 0. The van der Waals surface area contributed by atoms with Gasteiger partial charge in [0.15, 0.2) is 0 Å². The first-order valence-electron chi connectivity index (χ1n) is 3.83. The molecule has 0 spiro atoms. The number of nitrogens with one attached hydrogen (secondary N) is 1. The van der Waals surface area contributed by atoms with Crippen LogP contribution in [-0.4, -0.2) is 11.1 Å². The molecule has 11 heavy (non-hydrogen) atoms. The van der Waals surface area contributed by atoms with Crippen LogP contribution >= 0.6 is 0 Å². The normalized spacial score (nSPS) is 12.5. The Morgan fingerprint density at radius 3 is 1.36 bits per heavy atom. The molecule has 2 nitrogen and oxygen atoms in total. The van der Waals surface area contributed by atoms with Gasteiger partial charge < -0.3 is 12.4 Å². The van der Waals surface area contributed by atoms with E-state index in [4.69, 9.17) is 0 Å². The van der Waals surface area contributed by atoms with Crippen molar-refractivity contribution in [2.75, 3.05) is 0 Å². The van der Waals surface area contributed by atoms with Crippen LogP contribution in [0.5, 0.6) is 0 Å². The minimum absolute atomic E-state index is 0. The van der Waals surface area contributed by atoms with Gasteiger partial charge in [-0.3, -0.25) is 5.43 Å². The molecular weight excluding hydrogens is 160 g/mol. The van der Waals surface area contributed by atoms with Crippen LogP contribution in [-0.2, 0) is 0 Å². The zero-order valence-corrected chi connectivity index (χ0v) is 9.21. The average molecular weight is 181 g/mol. The van der Waals surface area contributed by atoms with Gasteiger partial charge in [-0.05, 0) is 41.5 Å². The van der Waals surface area contributed by atoms with E-state index >= 15 is 0 Å². The molecule has 0 unspecified atom stereocenters. The monoisotopic (exact) mass is 180 g/mol. The fourth-order valence-electron chi connectivity index (χ4n) is 0.433. The van der Waals surface area contributed by atoms with E-state index in [1.807, 2.05) is 0 Å². The van der Waals surface area contributed by atoms with Gasteiger partial charge in [-0.25, -0.2) is 0 Å². The Bertz CT molecular complexity index is 85.6. The molecule has 0 bridgehead atoms. The summed E-state index contributed by atoms with van der Waals surface area (Å²) in [4.78, 5) is 0. The molecular formula is C8H21ClN2. The molecule has 0 heterocycles. The van der Waals surface area contributed by atoms with Gasteiger partial charge in [-0.1, -0.05) is 0 Å². The number of hydrogen-bond donors (Lipinski definition) is 2. The van der Waals surface area contributed by atoms with Crippen LogP contribution in [0.25, 0.3) is 0 Å². The highest BCUT2D eigenvalue weighted by Gasteiger charge is 2.18. The first kappa shape index (κ1) is 13.8. The van der Waals surface area contributed by atoms with Crippen LogP contribution in [0.15, 0.2) is 0 Å². The second-order valence-corrected chi connectivity index (χ2v) is 4.90. The molecule has 0 fully saturated rings. The number of nitrogens with two attached hydrogens (primary N) is 1. The second kappa shape index (κ2) is 4.29. The summed E-state index contributed by atoms with van der Waals surface area (Å²) in [6.07, 6.45) is 0. The summed E-state index contributed by atoms with van der Waals surface area (Å²) in [6.45, 7) is 13.0. The molecule has 0 rings (SSSR count). The van der Waals surface area contributed by atoms with Crippen LogP contribution in [0.1, 0.15) is 41.5 Å². The highest BCUT2D eigenvalue weighted by Crippen LogP contribution is 1.95. The molecule has 70 valence electrons. The van der Waals surface area contributed by atoms with E-state index in [1.165, 1.54) is 0 Å². The first-order chi connectivity index (χ1) is 4.21. The topological polar surface area (TPSA) is 28.6 Å². The fraction of sp³-hybridized carbons (Fsp3) is 1.00. The van der Waals surface area contributed by atoms with E-state index in [0.717, 1.165) is 0 Å². The van der Waals surface area contributed by atoms with Crippen LogP contribution in [0, 0.1) is 0 Å². The van der Waals surface area contributed by atoms with Crippen LogP contribution in [0.4, 0.5) is 0 Å². The Morgan fingerprint density at radius 2 is 1.27 bits per heavy atom. The molecule has 0 aliphatic rings. The summed E-state index contributed by atoms with van der Waals surface area (Å²) in [5.41, 5.74) is 5.96. The number of quaternary nitrogens is 1. The quantitative estimate of drug-likeness (QED) is 0.344. The molecule has 3 heteroatoms. The molecule has 0 aliphatic carbocycles. The van der Waals surface area contributed by atoms with Gasteiger partial charge in [0.2, 0.25) is 0 Å². The van der Waals surface area contributed by atoms with Crippen molar-refractivity contribution in [3.8, 4) is 0 Å². The lowest BCUT2D eigenvalue weighted by Crippen LogP contribution is -3.04. The van der Waals surface area contributed by atoms with Crippen molar-refractivity contribution in [2.24, 2.45) is 0 Å². The van der Waals surface area contributed by atoms with Crippen molar-refractivity contribution in [2.45, 2.75) is 52.6 Å². The second-order valence-electron chi connectivity index (χ2n) is 4.90. The first-order valence-corrected chi connectivity index (χ1v) is 3.83. The van der Waals surface area contributed by atoms with Crippen molar-refractivity contribution in [3.63, 3.8) is 0 Å². The molecule has 0 saturated heterocycles. The predicted octanol–water partition coefficient (Wildman–Crippen LogP) is -2.34. The lowest BCUT2D eigenvalue weighted by atomic mass is 10.1. The molecule has 3 N–H and O–H groups in total. The smallest absolute Gasteiger partial charge is 0.105 e. The Kier molecular flexibility index (Phi) is 5.37. The van der Waals surface area contributed by atoms with E-state index in [1.54, 1.807) is 0 Å². The van der Waals surface area contributed by atoms with Crippen molar-refractivity contribution in [3.05, 3.63) is 0 Å². The summed E-state index contributed by atoms with van der Waals surface area (Å²) in [6, 6.07) is 0. The highest BCUT2D eigenvalue weighted by molar-refractivity contribution is 4.63. The van der Waals surface area contributed by atoms with Crippen LogP contribution in [0.3, 0.4) is 0 Å². The highest BCUT2D eigenvalue weighted by atomic mass is 35.5. The van der Waals surface area contributed by atoms with Crippen molar-refractivity contribution in [1.82, 2.24) is 5.43 Å². The van der Waals surface area contributed by atoms with Crippen molar-refractivity contribution < 1.29 is 17.8 Å². The largest absolute Gasteiger partial charge is 1.00 e. The molecule has 0 aliphatic heterocycles. The summed E-state index contributed by atoms with van der Waals surface area (Å²) in [5, 5.41) is 0. The summed E-state index contributed by atoms with van der Waals surface area (Å²) in [5.74, 6) is 0. The van der Waals surface area contributed by atoms with Crippen LogP contribution in [0.2, 0.25) is 0 Å². The number of rotatable bonds is 1. The third kappa shape index (κ3) is 13.2. The third-order valence-electron chi connectivity index (χ3n) is 0.938. The van der Waals surface area contributed by atoms with E-state index in [-0.39, 0.29) is 23.5 Å². The van der Waals surface area contributed by atoms with Gasteiger partial charge in [-0.15, -0.1) is 0 Å². The fourth-order valence-corrected chi connectivity index (χ4v) is 0.433. The van der Waals surface area contributed by atoms with Crippen molar-refractivity contribution >= 4 is 0 Å². The Morgan fingerprint density at radius 1 is 0.909 bits per heavy atom. The maximum Gasteiger partial charge on any atom is 0.105 e. The minimum Gasteiger partial charge on any atom is -1.00 e. The van der Waals surface area contributed by atoms with Gasteiger partial charge in [0.25, 0.3) is 0 Å². The Hall–Kier alpha value is 0.210. The molecule has 0 aromatic carbocycles. The molecule has 0 aromatic rings. The SMILES string of the molecule is CC(C)(C)N[NH2+]C(C)(C)C.[Cl-]. The predicted molar refractivity (Wildman–Crippen MR) is 44.6 cm³/mol. The maximum atomic E-state index is 3.34. The average Bonchev–Trinajstić information content (AvgIpc) is 1.57. The Balaban J connectivity index is 0. The molecule has 0 radical (unpaired) electrons. The Labute approximate surface area is 76.5 Å². The van der Waals surface area contributed by atoms with E-state index in [0.29, 0.717) is 0 Å². The van der Waals surface area contributed by atoms with Crippen LogP contribution < -0.4 is 23.3 Å². The van der Waals surface area contributed by atoms with Gasteiger partial charge in [-0.2, -0.15) is 5.43 Å². The van der Waals surface area contributed by atoms with E-state index in [9.17, 15) is 0 Å². The van der Waals surface area contributed by atoms with Gasteiger partial charge in [0, 0.05) is 0 Å². The van der Waals surface area contributed by atoms with Gasteiger partial charge in [0.05, 0.1) is 5.54 Å². The maximum absolute atomic E-state index is 3.34. The lowest BCUT2D eigenvalue weighted by molar-refractivity contribution is -0.775. The molecule has 0 amide bonds. The summed E-state index contributed by atoms with van der Waals surface area (Å²) < 4.78 is 0. The molecule has 0 atom stereocenters. The molecule has 0 saturated carbocycles. The lowest BCUT2D eigenvalue weighted by Gasteiger charge is -2.24. The molecule has 0 aromatic heterocycles. The van der Waals surface area contributed by atoms with Gasteiger partial charge in [0.1, 0.15) is 5.54 Å². The third-order valence-corrected chi connectivity index (χ3v) is 0.938. The standard InChI is InChI=1S/C8H20N2.ClH/c1-7(2,3)9-10-8(4,5)6;/h9-10H,1-6H3;1H. The number of halogens is 1.